The molecule has 4 aliphatic rings. The number of rotatable bonds is 0. The Bertz CT molecular complexity index is 410. The van der Waals surface area contributed by atoms with E-state index in [-0.39, 0.29) is 0 Å². The normalized spacial score (nSPS) is 38.2. The Morgan fingerprint density at radius 3 is 1.22 bits per heavy atom. The first-order valence-corrected chi connectivity index (χ1v) is 11.8. The standard InChI is InChI=1S/C15H26N2.2ClHO4/c1-3-7-16-11-13-9-12(14(16)5-1)10-17-8-4-2-6-15(13)17;2*2-1(3,4)5/h12-15H,1-11H2;2*(H,2,3,4,5)/t12?,13?,14-,15-;;/m1../s1. The van der Waals surface area contributed by atoms with E-state index >= 15 is 0 Å². The molecular formula is C15H28Cl2N2O8. The highest BCUT2D eigenvalue weighted by Crippen LogP contribution is 2.29. The van der Waals surface area contributed by atoms with Crippen molar-refractivity contribution in [1.29, 1.82) is 0 Å². The maximum absolute atomic E-state index is 8.49. The van der Waals surface area contributed by atoms with Gasteiger partial charge in [0, 0.05) is 12.8 Å². The van der Waals surface area contributed by atoms with Crippen LogP contribution in [0.15, 0.2) is 0 Å². The number of piperidine rings is 4. The van der Waals surface area contributed by atoms with Crippen molar-refractivity contribution >= 4 is 0 Å². The number of halogens is 2. The quantitative estimate of drug-likeness (QED) is 0.374. The lowest BCUT2D eigenvalue weighted by Gasteiger charge is -2.52. The number of hydrogen-bond acceptors (Lipinski definition) is 8. The summed E-state index contributed by atoms with van der Waals surface area (Å²) >= 11 is 0. The van der Waals surface area contributed by atoms with E-state index < -0.39 is 20.5 Å². The zero-order valence-electron chi connectivity index (χ0n) is 15.1. The van der Waals surface area contributed by atoms with Gasteiger partial charge in [0.25, 0.3) is 0 Å². The van der Waals surface area contributed by atoms with Gasteiger partial charge in [0.2, 0.25) is 0 Å². The molecular weight excluding hydrogens is 407 g/mol. The van der Waals surface area contributed by atoms with Crippen molar-refractivity contribution in [1.82, 2.24) is 0 Å². The molecule has 4 unspecified atom stereocenters. The number of nitrogens with one attached hydrogen (secondary N) is 2. The summed E-state index contributed by atoms with van der Waals surface area (Å²) in [7, 11) is -9.89. The molecule has 0 aromatic rings. The smallest absolute Gasteiger partial charge is 0.0957 e. The monoisotopic (exact) mass is 434 g/mol. The van der Waals surface area contributed by atoms with Crippen LogP contribution in [0.25, 0.3) is 0 Å². The summed E-state index contributed by atoms with van der Waals surface area (Å²) < 4.78 is 67.9. The summed E-state index contributed by atoms with van der Waals surface area (Å²) in [5.41, 5.74) is 0. The largest absolute Gasteiger partial charge is 0.332 e. The summed E-state index contributed by atoms with van der Waals surface area (Å²) in [6.45, 7) is 6.07. The van der Waals surface area contributed by atoms with Crippen LogP contribution >= 0.6 is 0 Å². The zero-order valence-corrected chi connectivity index (χ0v) is 16.6. The Balaban J connectivity index is 0.000000221. The second-order valence-electron chi connectivity index (χ2n) is 7.94. The van der Waals surface area contributed by atoms with Gasteiger partial charge < -0.3 is 9.80 Å². The average molecular weight is 435 g/mol. The van der Waals surface area contributed by atoms with E-state index in [4.69, 9.17) is 37.3 Å². The highest BCUT2D eigenvalue weighted by atomic mass is 35.7. The molecule has 0 aromatic carbocycles. The Kier molecular flexibility index (Phi) is 8.50. The fourth-order valence-electron chi connectivity index (χ4n) is 5.70. The molecule has 4 fully saturated rings. The number of fused-ring (bicyclic) bond motifs is 6. The molecule has 4 heterocycles. The van der Waals surface area contributed by atoms with E-state index in [0.717, 1.165) is 23.9 Å². The third-order valence-electron chi connectivity index (χ3n) is 6.37. The van der Waals surface area contributed by atoms with Gasteiger partial charge in [-0.25, -0.2) is 37.3 Å². The van der Waals surface area contributed by atoms with Crippen molar-refractivity contribution in [2.75, 3.05) is 26.2 Å². The molecule has 0 aliphatic carbocycles. The van der Waals surface area contributed by atoms with Crippen LogP contribution in [-0.2, 0) is 0 Å². The fourth-order valence-corrected chi connectivity index (χ4v) is 5.70. The Morgan fingerprint density at radius 1 is 0.556 bits per heavy atom. The highest BCUT2D eigenvalue weighted by molar-refractivity contribution is 4.86. The van der Waals surface area contributed by atoms with E-state index in [1.165, 1.54) is 51.9 Å². The lowest BCUT2D eigenvalue weighted by atomic mass is 9.71. The molecule has 4 rings (SSSR count). The van der Waals surface area contributed by atoms with Gasteiger partial charge >= 0.3 is 0 Å². The highest BCUT2D eigenvalue weighted by Gasteiger charge is 2.51. The topological polar surface area (TPSA) is 193 Å². The van der Waals surface area contributed by atoms with Gasteiger partial charge in [-0.05, 0) is 32.1 Å². The SMILES string of the molecule is C1CC[NH+]2CC3CC(C[NH+]4CCCC[C@H]34)[C@H]2C1.[O-][Cl+3]([O-])([O-])[O-].[O-][Cl+3]([O-])([O-])[O-]. The zero-order chi connectivity index (χ0) is 20.2. The van der Waals surface area contributed by atoms with Crippen LogP contribution in [0.2, 0.25) is 0 Å². The molecule has 12 heteroatoms. The molecule has 0 aromatic heterocycles. The van der Waals surface area contributed by atoms with Crippen LogP contribution in [-0.4, -0.2) is 38.3 Å². The molecule has 4 aliphatic heterocycles. The Labute approximate surface area is 163 Å². The van der Waals surface area contributed by atoms with Crippen molar-refractivity contribution in [2.45, 2.75) is 57.0 Å². The third kappa shape index (κ3) is 8.60. The van der Waals surface area contributed by atoms with Crippen molar-refractivity contribution in [3.63, 3.8) is 0 Å². The summed E-state index contributed by atoms with van der Waals surface area (Å²) in [5.74, 6) is 2.18. The van der Waals surface area contributed by atoms with Crippen LogP contribution in [0.1, 0.15) is 44.9 Å². The van der Waals surface area contributed by atoms with E-state index in [0.29, 0.717) is 0 Å². The molecule has 10 nitrogen and oxygen atoms in total. The van der Waals surface area contributed by atoms with Crippen molar-refractivity contribution in [3.05, 3.63) is 0 Å². The summed E-state index contributed by atoms with van der Waals surface area (Å²) in [4.78, 5) is 4.03. The minimum Gasteiger partial charge on any atom is -0.332 e. The summed E-state index contributed by atoms with van der Waals surface area (Å²) in [5, 5.41) is 0. The van der Waals surface area contributed by atoms with Gasteiger partial charge in [-0.3, -0.25) is 0 Å². The molecule has 27 heavy (non-hydrogen) atoms. The number of quaternary nitrogens is 2. The van der Waals surface area contributed by atoms with Crippen molar-refractivity contribution in [3.8, 4) is 0 Å². The lowest BCUT2D eigenvalue weighted by molar-refractivity contribution is -2.00. The van der Waals surface area contributed by atoms with Gasteiger partial charge in [0.1, 0.15) is 0 Å². The molecule has 2 N–H and O–H groups in total. The van der Waals surface area contributed by atoms with Gasteiger partial charge in [-0.2, -0.15) is 0 Å². The van der Waals surface area contributed by atoms with E-state index in [2.05, 4.69) is 0 Å². The minimum atomic E-state index is -4.94. The van der Waals surface area contributed by atoms with Crippen LogP contribution in [0.3, 0.4) is 0 Å². The van der Waals surface area contributed by atoms with Gasteiger partial charge in [-0.15, -0.1) is 20.5 Å². The molecule has 160 valence electrons. The van der Waals surface area contributed by atoms with Crippen LogP contribution < -0.4 is 47.1 Å². The van der Waals surface area contributed by atoms with Crippen molar-refractivity contribution < 1.29 is 67.6 Å². The third-order valence-corrected chi connectivity index (χ3v) is 6.37. The Morgan fingerprint density at radius 2 is 0.889 bits per heavy atom. The molecule has 6 atom stereocenters. The minimum absolute atomic E-state index is 1.07. The first-order valence-electron chi connectivity index (χ1n) is 9.34. The van der Waals surface area contributed by atoms with E-state index in [1.54, 1.807) is 19.3 Å². The fraction of sp³-hybridized carbons (Fsp3) is 1.00. The van der Waals surface area contributed by atoms with Crippen molar-refractivity contribution in [2.24, 2.45) is 11.8 Å². The average Bonchev–Trinajstić information content (AvgIpc) is 2.52. The van der Waals surface area contributed by atoms with E-state index in [9.17, 15) is 0 Å². The van der Waals surface area contributed by atoms with Gasteiger partial charge in [0.05, 0.1) is 50.1 Å². The first kappa shape index (κ1) is 23.5. The lowest BCUT2D eigenvalue weighted by Crippen LogP contribution is -3.26. The van der Waals surface area contributed by atoms with Gasteiger partial charge in [0.15, 0.2) is 0 Å². The molecule has 4 saturated heterocycles. The first-order chi connectivity index (χ1) is 12.4. The van der Waals surface area contributed by atoms with Crippen LogP contribution in [0.5, 0.6) is 0 Å². The second kappa shape index (κ2) is 9.79. The molecule has 0 radical (unpaired) electrons. The summed E-state index contributed by atoms with van der Waals surface area (Å²) in [6.07, 6.45) is 10.7. The molecule has 2 bridgehead atoms. The maximum atomic E-state index is 8.49. The second-order valence-corrected chi connectivity index (χ2v) is 9.45. The number of hydrogen-bond donors (Lipinski definition) is 2. The Hall–Kier alpha value is 0.180. The predicted octanol–water partition coefficient (Wildman–Crippen LogP) is -10.0. The predicted molar refractivity (Wildman–Crippen MR) is 68.3 cm³/mol. The summed E-state index contributed by atoms with van der Waals surface area (Å²) in [6, 6.07) is 2.13. The van der Waals surface area contributed by atoms with E-state index in [1.807, 2.05) is 9.80 Å². The van der Waals surface area contributed by atoms with Gasteiger partial charge in [-0.1, -0.05) is 0 Å². The van der Waals surface area contributed by atoms with Crippen LogP contribution in [0, 0.1) is 32.3 Å². The molecule has 0 spiro atoms. The molecule has 0 saturated carbocycles. The molecule has 0 amide bonds. The maximum Gasteiger partial charge on any atom is 0.0957 e. The van der Waals surface area contributed by atoms with Crippen LogP contribution in [0.4, 0.5) is 0 Å².